The molecule has 0 aromatic heterocycles. The third-order valence-corrected chi connectivity index (χ3v) is 6.26. The maximum atomic E-state index is 6.41. The number of ether oxygens (including phenoxy) is 2. The molecule has 24 heavy (non-hydrogen) atoms. The van der Waals surface area contributed by atoms with Crippen LogP contribution in [0.1, 0.15) is 72.6 Å². The zero-order valence-electron chi connectivity index (χ0n) is 16.5. The predicted octanol–water partition coefficient (Wildman–Crippen LogP) is 5.01. The molecular formula is C21H39NO2. The Morgan fingerprint density at radius 1 is 1.25 bits per heavy atom. The van der Waals surface area contributed by atoms with E-state index < -0.39 is 0 Å². The second-order valence-electron chi connectivity index (χ2n) is 8.44. The van der Waals surface area contributed by atoms with Crippen LogP contribution < -0.4 is 0 Å². The molecule has 0 amide bonds. The van der Waals surface area contributed by atoms with Gasteiger partial charge in [-0.3, -0.25) is 4.90 Å². The molecule has 0 N–H and O–H groups in total. The fourth-order valence-corrected chi connectivity index (χ4v) is 4.60. The molecule has 3 nitrogen and oxygen atoms in total. The molecule has 1 saturated carbocycles. The lowest BCUT2D eigenvalue weighted by molar-refractivity contribution is -0.197. The summed E-state index contributed by atoms with van der Waals surface area (Å²) in [7, 11) is 0. The van der Waals surface area contributed by atoms with Crippen molar-refractivity contribution in [2.24, 2.45) is 11.3 Å². The lowest BCUT2D eigenvalue weighted by Gasteiger charge is -2.42. The van der Waals surface area contributed by atoms with Crippen molar-refractivity contribution in [3.8, 4) is 0 Å². The van der Waals surface area contributed by atoms with Crippen LogP contribution in [0.2, 0.25) is 0 Å². The van der Waals surface area contributed by atoms with E-state index in [0.29, 0.717) is 5.41 Å². The molecule has 1 unspecified atom stereocenters. The van der Waals surface area contributed by atoms with Gasteiger partial charge in [0, 0.05) is 25.9 Å². The predicted molar refractivity (Wildman–Crippen MR) is 101 cm³/mol. The Kier molecular flexibility index (Phi) is 7.33. The van der Waals surface area contributed by atoms with Gasteiger partial charge in [-0.1, -0.05) is 40.2 Å². The Balaban J connectivity index is 1.78. The van der Waals surface area contributed by atoms with E-state index in [1.807, 2.05) is 6.08 Å². The largest absolute Gasteiger partial charge is 0.347 e. The summed E-state index contributed by atoms with van der Waals surface area (Å²) in [6, 6.07) is 0. The van der Waals surface area contributed by atoms with Gasteiger partial charge in [-0.2, -0.15) is 0 Å². The summed E-state index contributed by atoms with van der Waals surface area (Å²) in [5.41, 5.74) is 0.459. The molecule has 0 aromatic rings. The molecule has 1 saturated heterocycles. The molecule has 3 heteroatoms. The summed E-state index contributed by atoms with van der Waals surface area (Å²) < 4.78 is 12.6. The molecule has 1 atom stereocenters. The molecule has 2 rings (SSSR count). The third-order valence-electron chi connectivity index (χ3n) is 6.26. The molecule has 2 aliphatic rings. The van der Waals surface area contributed by atoms with Crippen LogP contribution in [0.4, 0.5) is 0 Å². The van der Waals surface area contributed by atoms with Crippen LogP contribution in [0.5, 0.6) is 0 Å². The average molecular weight is 338 g/mol. The van der Waals surface area contributed by atoms with Crippen molar-refractivity contribution in [1.82, 2.24) is 4.90 Å². The van der Waals surface area contributed by atoms with Crippen LogP contribution >= 0.6 is 0 Å². The van der Waals surface area contributed by atoms with E-state index in [-0.39, 0.29) is 11.9 Å². The summed E-state index contributed by atoms with van der Waals surface area (Å²) in [6.07, 6.45) is 10.6. The van der Waals surface area contributed by atoms with Crippen molar-refractivity contribution in [1.29, 1.82) is 0 Å². The van der Waals surface area contributed by atoms with Gasteiger partial charge in [0.15, 0.2) is 5.79 Å². The highest BCUT2D eigenvalue weighted by Gasteiger charge is 2.46. The molecule has 2 fully saturated rings. The fraction of sp³-hybridized carbons (Fsp3) is 0.905. The van der Waals surface area contributed by atoms with Crippen molar-refractivity contribution in [3.63, 3.8) is 0 Å². The minimum atomic E-state index is -0.265. The number of hydrogen-bond donors (Lipinski definition) is 0. The number of likely N-dealkylation sites (N-methyl/N-ethyl adjacent to an activating group) is 1. The first-order valence-corrected chi connectivity index (χ1v) is 10.1. The van der Waals surface area contributed by atoms with Gasteiger partial charge >= 0.3 is 0 Å². The molecule has 0 aromatic carbocycles. The van der Waals surface area contributed by atoms with E-state index in [9.17, 15) is 0 Å². The Morgan fingerprint density at radius 3 is 2.54 bits per heavy atom. The number of rotatable bonds is 9. The van der Waals surface area contributed by atoms with Gasteiger partial charge in [0.2, 0.25) is 0 Å². The first kappa shape index (κ1) is 19.9. The van der Waals surface area contributed by atoms with Crippen LogP contribution in [-0.2, 0) is 9.47 Å². The zero-order chi connectivity index (χ0) is 17.6. The van der Waals surface area contributed by atoms with E-state index in [1.54, 1.807) is 0 Å². The minimum Gasteiger partial charge on any atom is -0.347 e. The van der Waals surface area contributed by atoms with Crippen LogP contribution in [0.25, 0.3) is 0 Å². The van der Waals surface area contributed by atoms with Crippen LogP contribution in [-0.4, -0.2) is 43.0 Å². The van der Waals surface area contributed by atoms with Crippen molar-refractivity contribution in [2.45, 2.75) is 84.5 Å². The summed E-state index contributed by atoms with van der Waals surface area (Å²) in [4.78, 5) is 2.41. The highest BCUT2D eigenvalue weighted by molar-refractivity contribution is 4.90. The Labute approximate surface area is 149 Å². The van der Waals surface area contributed by atoms with Crippen LogP contribution in [0.15, 0.2) is 12.7 Å². The Bertz CT molecular complexity index is 385. The van der Waals surface area contributed by atoms with Crippen molar-refractivity contribution in [2.75, 3.05) is 26.2 Å². The molecule has 140 valence electrons. The van der Waals surface area contributed by atoms with Gasteiger partial charge in [0.25, 0.3) is 0 Å². The fourth-order valence-electron chi connectivity index (χ4n) is 4.60. The van der Waals surface area contributed by atoms with Crippen LogP contribution in [0, 0.1) is 11.3 Å². The first-order chi connectivity index (χ1) is 11.4. The summed E-state index contributed by atoms with van der Waals surface area (Å²) >= 11 is 0. The number of nitrogens with zero attached hydrogens (tertiary/aromatic N) is 1. The normalized spacial score (nSPS) is 31.0. The van der Waals surface area contributed by atoms with Gasteiger partial charge < -0.3 is 9.47 Å². The highest BCUT2D eigenvalue weighted by Crippen LogP contribution is 2.47. The third kappa shape index (κ3) is 5.06. The van der Waals surface area contributed by atoms with E-state index in [2.05, 4.69) is 39.2 Å². The Morgan fingerprint density at radius 2 is 1.96 bits per heavy atom. The van der Waals surface area contributed by atoms with Gasteiger partial charge in [0.1, 0.15) is 0 Å². The maximum absolute atomic E-state index is 6.41. The van der Waals surface area contributed by atoms with Gasteiger partial charge in [-0.15, -0.1) is 6.58 Å². The Hall–Kier alpha value is -0.380. The topological polar surface area (TPSA) is 21.7 Å². The zero-order valence-corrected chi connectivity index (χ0v) is 16.5. The summed E-state index contributed by atoms with van der Waals surface area (Å²) in [5, 5.41) is 0. The van der Waals surface area contributed by atoms with E-state index >= 15 is 0 Å². The minimum absolute atomic E-state index is 0.265. The monoisotopic (exact) mass is 337 g/mol. The second kappa shape index (κ2) is 8.82. The average Bonchev–Trinajstić information content (AvgIpc) is 2.94. The van der Waals surface area contributed by atoms with Gasteiger partial charge in [0.05, 0.1) is 12.7 Å². The molecule has 0 radical (unpaired) electrons. The first-order valence-electron chi connectivity index (χ1n) is 10.1. The molecule has 1 aliphatic carbocycles. The van der Waals surface area contributed by atoms with Crippen molar-refractivity contribution in [3.05, 3.63) is 12.7 Å². The van der Waals surface area contributed by atoms with Crippen molar-refractivity contribution < 1.29 is 9.47 Å². The highest BCUT2D eigenvalue weighted by atomic mass is 16.7. The summed E-state index contributed by atoms with van der Waals surface area (Å²) in [6.45, 7) is 17.1. The lowest BCUT2D eigenvalue weighted by atomic mass is 9.68. The van der Waals surface area contributed by atoms with E-state index in [0.717, 1.165) is 51.4 Å². The quantitative estimate of drug-likeness (QED) is 0.552. The molecular weight excluding hydrogens is 298 g/mol. The molecule has 0 bridgehead atoms. The van der Waals surface area contributed by atoms with Gasteiger partial charge in [-0.05, 0) is 43.6 Å². The van der Waals surface area contributed by atoms with E-state index in [4.69, 9.17) is 9.47 Å². The van der Waals surface area contributed by atoms with E-state index in [1.165, 1.54) is 25.7 Å². The molecule has 1 spiro atoms. The van der Waals surface area contributed by atoms with Gasteiger partial charge in [-0.25, -0.2) is 0 Å². The second-order valence-corrected chi connectivity index (χ2v) is 8.44. The summed E-state index contributed by atoms with van der Waals surface area (Å²) in [5.74, 6) is 0.552. The SMILES string of the molecule is C=CCN(CC)CCC1COC2(CCC(C(C)(C)CCC)CC2)O1. The smallest absolute Gasteiger partial charge is 0.168 e. The van der Waals surface area contributed by atoms with Crippen molar-refractivity contribution >= 4 is 0 Å². The molecule has 1 heterocycles. The standard InChI is InChI=1S/C21H39NO2/c1-6-12-20(4,5)18-9-13-21(14-10-18)23-17-19(24-21)11-16-22(8-3)15-7-2/h7,18-19H,2,6,8-17H2,1,3-5H3. The number of hydrogen-bond acceptors (Lipinski definition) is 3. The molecule has 1 aliphatic heterocycles. The lowest BCUT2D eigenvalue weighted by Crippen LogP contribution is -2.39. The van der Waals surface area contributed by atoms with Crippen LogP contribution in [0.3, 0.4) is 0 Å². The maximum Gasteiger partial charge on any atom is 0.168 e.